The second-order valence-corrected chi connectivity index (χ2v) is 4.72. The summed E-state index contributed by atoms with van der Waals surface area (Å²) < 4.78 is 6.06. The average molecular weight is 270 g/mol. The number of pyridine rings is 1. The molecule has 0 radical (unpaired) electrons. The Kier molecular flexibility index (Phi) is 5.56. The van der Waals surface area contributed by atoms with Gasteiger partial charge < -0.3 is 10.1 Å². The van der Waals surface area contributed by atoms with E-state index in [4.69, 9.17) is 4.74 Å². The van der Waals surface area contributed by atoms with Crippen LogP contribution >= 0.6 is 0 Å². The molecule has 0 amide bonds. The van der Waals surface area contributed by atoms with E-state index in [1.807, 2.05) is 30.5 Å². The molecule has 1 aromatic heterocycles. The summed E-state index contributed by atoms with van der Waals surface area (Å²) in [5.41, 5.74) is 2.35. The lowest BCUT2D eigenvalue weighted by molar-refractivity contribution is 0.465. The molecular weight excluding hydrogens is 248 g/mol. The highest BCUT2D eigenvalue weighted by atomic mass is 16.5. The van der Waals surface area contributed by atoms with Crippen molar-refractivity contribution < 1.29 is 4.74 Å². The molecule has 0 unspecified atom stereocenters. The van der Waals surface area contributed by atoms with Crippen molar-refractivity contribution in [3.63, 3.8) is 0 Å². The van der Waals surface area contributed by atoms with Gasteiger partial charge in [0.15, 0.2) is 0 Å². The molecule has 0 aliphatic heterocycles. The largest absolute Gasteiger partial charge is 0.455 e. The van der Waals surface area contributed by atoms with Crippen LogP contribution in [0.5, 0.6) is 11.5 Å². The number of hydrogen-bond acceptors (Lipinski definition) is 3. The molecule has 0 fully saturated rings. The SMILES string of the molecule is CCCNCc1ccncc1Oc1ccccc1CC. The fraction of sp³-hybridized carbons (Fsp3) is 0.353. The molecule has 2 aromatic rings. The summed E-state index contributed by atoms with van der Waals surface area (Å²) >= 11 is 0. The van der Waals surface area contributed by atoms with Crippen LogP contribution in [0.2, 0.25) is 0 Å². The molecule has 3 nitrogen and oxygen atoms in total. The van der Waals surface area contributed by atoms with Crippen LogP contribution in [-0.2, 0) is 13.0 Å². The third-order valence-electron chi connectivity index (χ3n) is 3.19. The Balaban J connectivity index is 2.16. The van der Waals surface area contributed by atoms with E-state index in [2.05, 4.69) is 30.2 Å². The zero-order valence-corrected chi connectivity index (χ0v) is 12.2. The molecule has 0 atom stereocenters. The topological polar surface area (TPSA) is 34.2 Å². The lowest BCUT2D eigenvalue weighted by atomic mass is 10.1. The zero-order valence-electron chi connectivity index (χ0n) is 12.2. The Hall–Kier alpha value is -1.87. The van der Waals surface area contributed by atoms with E-state index in [1.54, 1.807) is 6.20 Å². The van der Waals surface area contributed by atoms with E-state index < -0.39 is 0 Å². The van der Waals surface area contributed by atoms with Crippen LogP contribution < -0.4 is 10.1 Å². The van der Waals surface area contributed by atoms with Crippen molar-refractivity contribution in [3.8, 4) is 11.5 Å². The number of aromatic nitrogens is 1. The van der Waals surface area contributed by atoms with Crippen molar-refractivity contribution in [2.75, 3.05) is 6.54 Å². The summed E-state index contributed by atoms with van der Waals surface area (Å²) in [6, 6.07) is 10.2. The van der Waals surface area contributed by atoms with Crippen molar-refractivity contribution in [3.05, 3.63) is 53.9 Å². The van der Waals surface area contributed by atoms with E-state index in [-0.39, 0.29) is 0 Å². The monoisotopic (exact) mass is 270 g/mol. The van der Waals surface area contributed by atoms with Crippen LogP contribution in [0.15, 0.2) is 42.7 Å². The number of ether oxygens (including phenoxy) is 1. The highest BCUT2D eigenvalue weighted by molar-refractivity contribution is 5.40. The minimum absolute atomic E-state index is 0.806. The Labute approximate surface area is 121 Å². The molecular formula is C17H22N2O. The van der Waals surface area contributed by atoms with Crippen LogP contribution in [0.25, 0.3) is 0 Å². The van der Waals surface area contributed by atoms with E-state index >= 15 is 0 Å². The molecule has 0 saturated heterocycles. The summed E-state index contributed by atoms with van der Waals surface area (Å²) in [4.78, 5) is 4.17. The normalized spacial score (nSPS) is 10.5. The van der Waals surface area contributed by atoms with Gasteiger partial charge in [0.1, 0.15) is 11.5 Å². The van der Waals surface area contributed by atoms with Gasteiger partial charge in [0.2, 0.25) is 0 Å². The number of aryl methyl sites for hydroxylation is 1. The van der Waals surface area contributed by atoms with E-state index in [0.717, 1.165) is 43.0 Å². The highest BCUT2D eigenvalue weighted by Crippen LogP contribution is 2.27. The average Bonchev–Trinajstić information content (AvgIpc) is 2.50. The molecule has 1 aromatic carbocycles. The number of benzene rings is 1. The fourth-order valence-electron chi connectivity index (χ4n) is 2.06. The molecule has 106 valence electrons. The van der Waals surface area contributed by atoms with Gasteiger partial charge in [0, 0.05) is 18.3 Å². The van der Waals surface area contributed by atoms with Crippen molar-refractivity contribution in [1.29, 1.82) is 0 Å². The van der Waals surface area contributed by atoms with Crippen LogP contribution in [0.3, 0.4) is 0 Å². The first kappa shape index (κ1) is 14.5. The van der Waals surface area contributed by atoms with E-state index in [0.29, 0.717) is 0 Å². The molecule has 20 heavy (non-hydrogen) atoms. The maximum absolute atomic E-state index is 6.06. The van der Waals surface area contributed by atoms with Gasteiger partial charge in [-0.05, 0) is 37.1 Å². The fourth-order valence-corrected chi connectivity index (χ4v) is 2.06. The second-order valence-electron chi connectivity index (χ2n) is 4.72. The predicted octanol–water partition coefficient (Wildman–Crippen LogP) is 3.94. The van der Waals surface area contributed by atoms with Crippen molar-refractivity contribution in [1.82, 2.24) is 10.3 Å². The predicted molar refractivity (Wildman–Crippen MR) is 82.1 cm³/mol. The van der Waals surface area contributed by atoms with Gasteiger partial charge in [-0.15, -0.1) is 0 Å². The third-order valence-corrected chi connectivity index (χ3v) is 3.19. The summed E-state index contributed by atoms with van der Waals surface area (Å²) in [6.07, 6.45) is 5.68. The molecule has 2 rings (SSSR count). The number of nitrogens with one attached hydrogen (secondary N) is 1. The van der Waals surface area contributed by atoms with Crippen LogP contribution in [0.1, 0.15) is 31.4 Å². The number of hydrogen-bond donors (Lipinski definition) is 1. The molecule has 0 saturated carbocycles. The number of nitrogens with zero attached hydrogens (tertiary/aromatic N) is 1. The highest BCUT2D eigenvalue weighted by Gasteiger charge is 2.07. The van der Waals surface area contributed by atoms with Crippen molar-refractivity contribution >= 4 is 0 Å². The zero-order chi connectivity index (χ0) is 14.2. The van der Waals surface area contributed by atoms with Gasteiger partial charge in [0.25, 0.3) is 0 Å². The van der Waals surface area contributed by atoms with Crippen molar-refractivity contribution in [2.24, 2.45) is 0 Å². The van der Waals surface area contributed by atoms with E-state index in [9.17, 15) is 0 Å². The second kappa shape index (κ2) is 7.65. The van der Waals surface area contributed by atoms with Gasteiger partial charge in [-0.3, -0.25) is 4.98 Å². The Morgan fingerprint density at radius 1 is 1.05 bits per heavy atom. The van der Waals surface area contributed by atoms with Crippen molar-refractivity contribution in [2.45, 2.75) is 33.2 Å². The number of para-hydroxylation sites is 1. The summed E-state index contributed by atoms with van der Waals surface area (Å²) in [7, 11) is 0. The molecule has 0 aliphatic carbocycles. The molecule has 0 bridgehead atoms. The summed E-state index contributed by atoms with van der Waals surface area (Å²) in [6.45, 7) is 6.11. The van der Waals surface area contributed by atoms with Gasteiger partial charge in [-0.1, -0.05) is 32.0 Å². The first-order valence-corrected chi connectivity index (χ1v) is 7.24. The van der Waals surface area contributed by atoms with E-state index in [1.165, 1.54) is 5.56 Å². The quantitative estimate of drug-likeness (QED) is 0.774. The molecule has 3 heteroatoms. The Morgan fingerprint density at radius 3 is 2.70 bits per heavy atom. The maximum atomic E-state index is 6.06. The molecule has 1 heterocycles. The molecule has 1 N–H and O–H groups in total. The Bertz CT molecular complexity index is 540. The van der Waals surface area contributed by atoms with Crippen LogP contribution in [-0.4, -0.2) is 11.5 Å². The Morgan fingerprint density at radius 2 is 1.90 bits per heavy atom. The number of rotatable bonds is 7. The molecule has 0 aliphatic rings. The van der Waals surface area contributed by atoms with Gasteiger partial charge in [-0.25, -0.2) is 0 Å². The van der Waals surface area contributed by atoms with Gasteiger partial charge in [0.05, 0.1) is 6.20 Å². The minimum Gasteiger partial charge on any atom is -0.455 e. The van der Waals surface area contributed by atoms with Gasteiger partial charge in [-0.2, -0.15) is 0 Å². The van der Waals surface area contributed by atoms with Gasteiger partial charge >= 0.3 is 0 Å². The lowest BCUT2D eigenvalue weighted by Gasteiger charge is -2.13. The standard InChI is InChI=1S/C17H22N2O/c1-3-10-18-12-15-9-11-19-13-17(15)20-16-8-6-5-7-14(16)4-2/h5-9,11,13,18H,3-4,10,12H2,1-2H3. The van der Waals surface area contributed by atoms with Crippen LogP contribution in [0, 0.1) is 0 Å². The summed E-state index contributed by atoms with van der Waals surface area (Å²) in [5, 5.41) is 3.40. The van der Waals surface area contributed by atoms with Crippen LogP contribution in [0.4, 0.5) is 0 Å². The molecule has 0 spiro atoms. The smallest absolute Gasteiger partial charge is 0.150 e. The third kappa shape index (κ3) is 3.81. The first-order valence-electron chi connectivity index (χ1n) is 7.24. The minimum atomic E-state index is 0.806. The summed E-state index contributed by atoms with van der Waals surface area (Å²) in [5.74, 6) is 1.75. The maximum Gasteiger partial charge on any atom is 0.150 e. The first-order chi connectivity index (χ1) is 9.85. The lowest BCUT2D eigenvalue weighted by Crippen LogP contribution is -2.14.